The van der Waals surface area contributed by atoms with Gasteiger partial charge in [-0.3, -0.25) is 14.4 Å². The number of nitrogens with one attached hydrogen (secondary N) is 3. The van der Waals surface area contributed by atoms with E-state index in [1.807, 2.05) is 56.3 Å². The van der Waals surface area contributed by atoms with Crippen LogP contribution in [0.25, 0.3) is 10.8 Å². The maximum Gasteiger partial charge on any atom is 0.243 e. The van der Waals surface area contributed by atoms with Crippen molar-refractivity contribution in [1.82, 2.24) is 20.9 Å². The number of hydrogen-bond donors (Lipinski definition) is 4. The highest BCUT2D eigenvalue weighted by molar-refractivity contribution is 5.93. The highest BCUT2D eigenvalue weighted by Crippen LogP contribution is 2.23. The molecule has 4 N–H and O–H groups in total. The Hall–Kier alpha value is -2.97. The van der Waals surface area contributed by atoms with Crippen LogP contribution in [0.15, 0.2) is 42.5 Å². The van der Waals surface area contributed by atoms with Crippen LogP contribution in [0.5, 0.6) is 0 Å². The second-order valence-electron chi connectivity index (χ2n) is 11.4. The molecule has 0 saturated carbocycles. The lowest BCUT2D eigenvalue weighted by molar-refractivity contribution is -0.142. The molecule has 3 rings (SSSR count). The zero-order valence-electron chi connectivity index (χ0n) is 25.3. The van der Waals surface area contributed by atoms with Gasteiger partial charge in [-0.15, -0.1) is 0 Å². The molecular weight excluding hydrogens is 516 g/mol. The Kier molecular flexibility index (Phi) is 13.1. The van der Waals surface area contributed by atoms with E-state index in [1.165, 1.54) is 0 Å². The first-order valence-electron chi connectivity index (χ1n) is 15.6. The smallest absolute Gasteiger partial charge is 0.243 e. The largest absolute Gasteiger partial charge is 0.390 e. The minimum Gasteiger partial charge on any atom is -0.390 e. The van der Waals surface area contributed by atoms with Crippen molar-refractivity contribution in [1.29, 1.82) is 0 Å². The van der Waals surface area contributed by atoms with Crippen molar-refractivity contribution in [2.45, 2.75) is 90.8 Å². The number of likely N-dealkylation sites (tertiary alicyclic amines) is 1. The predicted molar refractivity (Wildman–Crippen MR) is 164 cm³/mol. The fourth-order valence-corrected chi connectivity index (χ4v) is 5.70. The average Bonchev–Trinajstić information content (AvgIpc) is 3.48. The lowest BCUT2D eigenvalue weighted by Gasteiger charge is -2.29. The number of aliphatic hydroxyl groups is 1. The van der Waals surface area contributed by atoms with Gasteiger partial charge in [-0.25, -0.2) is 0 Å². The molecular formula is C33H50N4O4. The number of hydrogen-bond acceptors (Lipinski definition) is 5. The number of fused-ring (bicyclic) bond motifs is 1. The molecule has 0 radical (unpaired) electrons. The molecule has 8 nitrogen and oxygen atoms in total. The average molecular weight is 567 g/mol. The highest BCUT2D eigenvalue weighted by Gasteiger charge is 2.37. The molecule has 2 aromatic carbocycles. The van der Waals surface area contributed by atoms with Crippen LogP contribution in [-0.4, -0.2) is 72.1 Å². The molecule has 1 aliphatic heterocycles. The topological polar surface area (TPSA) is 111 Å². The van der Waals surface area contributed by atoms with Gasteiger partial charge in [0.2, 0.25) is 17.7 Å². The van der Waals surface area contributed by atoms with Gasteiger partial charge in [0.25, 0.3) is 0 Å². The Labute approximate surface area is 245 Å². The summed E-state index contributed by atoms with van der Waals surface area (Å²) in [6, 6.07) is 12.6. The second-order valence-corrected chi connectivity index (χ2v) is 11.4. The number of carbonyl (C=O) groups is 3. The quantitative estimate of drug-likeness (QED) is 0.247. The molecule has 0 bridgehead atoms. The maximum absolute atomic E-state index is 13.5. The van der Waals surface area contributed by atoms with Crippen molar-refractivity contribution in [3.8, 4) is 0 Å². The van der Waals surface area contributed by atoms with E-state index in [4.69, 9.17) is 0 Å². The van der Waals surface area contributed by atoms with Crippen LogP contribution in [0, 0.1) is 11.8 Å². The van der Waals surface area contributed by atoms with Gasteiger partial charge >= 0.3 is 0 Å². The first kappa shape index (κ1) is 32.5. The van der Waals surface area contributed by atoms with Crippen molar-refractivity contribution in [3.05, 3.63) is 48.0 Å². The molecule has 1 saturated heterocycles. The third-order valence-electron chi connectivity index (χ3n) is 8.54. The molecule has 3 atom stereocenters. The van der Waals surface area contributed by atoms with Gasteiger partial charge in [0.15, 0.2) is 0 Å². The molecule has 0 spiro atoms. The molecule has 0 aromatic heterocycles. The molecule has 8 heteroatoms. The highest BCUT2D eigenvalue weighted by atomic mass is 16.3. The lowest BCUT2D eigenvalue weighted by atomic mass is 10.00. The summed E-state index contributed by atoms with van der Waals surface area (Å²) >= 11 is 0. The van der Waals surface area contributed by atoms with E-state index >= 15 is 0 Å². The molecule has 1 aliphatic rings. The van der Waals surface area contributed by atoms with E-state index in [0.717, 1.165) is 55.0 Å². The van der Waals surface area contributed by atoms with Crippen molar-refractivity contribution >= 4 is 28.5 Å². The third-order valence-corrected chi connectivity index (χ3v) is 8.54. The van der Waals surface area contributed by atoms with E-state index < -0.39 is 18.2 Å². The van der Waals surface area contributed by atoms with E-state index in [-0.39, 0.29) is 30.2 Å². The summed E-state index contributed by atoms with van der Waals surface area (Å²) in [5.41, 5.74) is 0.924. The number of nitrogens with zero attached hydrogens (tertiary/aromatic N) is 1. The number of aliphatic hydroxyl groups excluding tert-OH is 1. The van der Waals surface area contributed by atoms with E-state index in [9.17, 15) is 19.5 Å². The summed E-state index contributed by atoms with van der Waals surface area (Å²) in [5.74, 6) is -0.158. The Bertz CT molecular complexity index is 1130. The number of benzene rings is 2. The van der Waals surface area contributed by atoms with Gasteiger partial charge in [0, 0.05) is 32.0 Å². The third kappa shape index (κ3) is 9.27. The van der Waals surface area contributed by atoms with Crippen molar-refractivity contribution in [2.24, 2.45) is 11.8 Å². The van der Waals surface area contributed by atoms with Crippen molar-refractivity contribution < 1.29 is 19.5 Å². The molecule has 2 aromatic rings. The minimum atomic E-state index is -0.834. The maximum atomic E-state index is 13.5. The van der Waals surface area contributed by atoms with Crippen LogP contribution in [-0.2, 0) is 20.8 Å². The summed E-state index contributed by atoms with van der Waals surface area (Å²) in [5, 5.41) is 21.8. The Morgan fingerprint density at radius 3 is 2.32 bits per heavy atom. The van der Waals surface area contributed by atoms with Crippen LogP contribution < -0.4 is 16.0 Å². The molecule has 3 amide bonds. The second kappa shape index (κ2) is 16.5. The summed E-state index contributed by atoms with van der Waals surface area (Å²) in [6.07, 6.45) is 4.54. The molecule has 0 aliphatic carbocycles. The monoisotopic (exact) mass is 566 g/mol. The van der Waals surface area contributed by atoms with Gasteiger partial charge in [-0.1, -0.05) is 83.0 Å². The van der Waals surface area contributed by atoms with E-state index in [2.05, 4.69) is 29.8 Å². The summed E-state index contributed by atoms with van der Waals surface area (Å²) in [6.45, 7) is 10.2. The SMILES string of the molecule is CCC(CC)CNCC(O)CNC(=O)[C@@H](Cc1ccc2ccccc2c1)NC(=O)C1CCCN1C(=O)C(CC)CC. The zero-order valence-corrected chi connectivity index (χ0v) is 25.3. The zero-order chi connectivity index (χ0) is 29.8. The number of amides is 3. The minimum absolute atomic E-state index is 0.0205. The van der Waals surface area contributed by atoms with Gasteiger partial charge in [-0.2, -0.15) is 0 Å². The fourth-order valence-electron chi connectivity index (χ4n) is 5.70. The predicted octanol–water partition coefficient (Wildman–Crippen LogP) is 3.80. The van der Waals surface area contributed by atoms with Crippen LogP contribution in [0.3, 0.4) is 0 Å². The van der Waals surface area contributed by atoms with Gasteiger partial charge in [0.1, 0.15) is 12.1 Å². The standard InChI is InChI=1S/C33H50N4O4/c1-5-23(6-2)20-34-21-28(38)22-35-31(39)29(19-24-15-16-26-12-9-10-13-27(26)18-24)36-32(40)30-14-11-17-37(30)33(41)25(7-3)8-4/h9-10,12-13,15-16,18,23,25,28-30,34,38H,5-8,11,14,17,19-22H2,1-4H3,(H,35,39)(H,36,40)/t28?,29-,30?/m1/s1. The summed E-state index contributed by atoms with van der Waals surface area (Å²) in [7, 11) is 0. The Balaban J connectivity index is 1.70. The molecule has 1 fully saturated rings. The van der Waals surface area contributed by atoms with Gasteiger partial charge in [-0.05, 0) is 54.5 Å². The molecule has 1 heterocycles. The van der Waals surface area contributed by atoms with Crippen LogP contribution in [0.1, 0.15) is 71.8 Å². The van der Waals surface area contributed by atoms with E-state index in [1.54, 1.807) is 4.90 Å². The normalized spacial score (nSPS) is 16.8. The Morgan fingerprint density at radius 1 is 0.927 bits per heavy atom. The van der Waals surface area contributed by atoms with Crippen LogP contribution in [0.2, 0.25) is 0 Å². The fraction of sp³-hybridized carbons (Fsp3) is 0.606. The number of carbonyl (C=O) groups excluding carboxylic acids is 3. The summed E-state index contributed by atoms with van der Waals surface area (Å²) in [4.78, 5) is 41.8. The first-order valence-corrected chi connectivity index (χ1v) is 15.6. The van der Waals surface area contributed by atoms with E-state index in [0.29, 0.717) is 31.8 Å². The van der Waals surface area contributed by atoms with Crippen LogP contribution >= 0.6 is 0 Å². The molecule has 226 valence electrons. The van der Waals surface area contributed by atoms with Crippen molar-refractivity contribution in [3.63, 3.8) is 0 Å². The lowest BCUT2D eigenvalue weighted by Crippen LogP contribution is -2.55. The van der Waals surface area contributed by atoms with Gasteiger partial charge < -0.3 is 26.0 Å². The first-order chi connectivity index (χ1) is 19.8. The summed E-state index contributed by atoms with van der Waals surface area (Å²) < 4.78 is 0. The molecule has 41 heavy (non-hydrogen) atoms. The van der Waals surface area contributed by atoms with Crippen LogP contribution in [0.4, 0.5) is 0 Å². The Morgan fingerprint density at radius 2 is 1.63 bits per heavy atom. The van der Waals surface area contributed by atoms with Crippen molar-refractivity contribution in [2.75, 3.05) is 26.2 Å². The molecule has 2 unspecified atom stereocenters. The number of rotatable bonds is 16. The van der Waals surface area contributed by atoms with Gasteiger partial charge in [0.05, 0.1) is 6.10 Å².